The molecule has 0 aliphatic heterocycles. The Bertz CT molecular complexity index is 412. The van der Waals surface area contributed by atoms with E-state index in [-0.39, 0.29) is 11.6 Å². The van der Waals surface area contributed by atoms with Crippen molar-refractivity contribution < 1.29 is 9.18 Å². The first-order chi connectivity index (χ1) is 6.61. The normalized spacial score (nSPS) is 15.5. The maximum absolute atomic E-state index is 13.4. The molecule has 0 heterocycles. The molecular weight excluding hydrogens is 203 g/mol. The van der Waals surface area contributed by atoms with E-state index < -0.39 is 0 Å². The summed E-state index contributed by atoms with van der Waals surface area (Å²) in [6, 6.07) is 1.30. The lowest BCUT2D eigenvalue weighted by molar-refractivity contribution is 0.0971. The lowest BCUT2D eigenvalue weighted by Gasteiger charge is -2.18. The van der Waals surface area contributed by atoms with Crippen LogP contribution in [0.2, 0.25) is 5.02 Å². The minimum absolute atomic E-state index is 0.0187. The van der Waals surface area contributed by atoms with Crippen molar-refractivity contribution >= 4 is 17.4 Å². The molecular formula is C11H10ClFO. The number of rotatable bonds is 0. The zero-order valence-electron chi connectivity index (χ0n) is 7.86. The topological polar surface area (TPSA) is 17.1 Å². The summed E-state index contributed by atoms with van der Waals surface area (Å²) in [6.07, 6.45) is 1.89. The van der Waals surface area contributed by atoms with E-state index >= 15 is 0 Å². The number of carbonyl (C=O) groups excluding carboxylic acids is 1. The third-order valence-electron chi connectivity index (χ3n) is 2.69. The second-order valence-corrected chi connectivity index (χ2v) is 4.00. The highest BCUT2D eigenvalue weighted by atomic mass is 35.5. The molecule has 1 aromatic carbocycles. The predicted octanol–water partition coefficient (Wildman–Crippen LogP) is 3.31. The standard InChI is InChI=1S/C11H10ClFO/c1-6-8(12)5-9(13)7-3-2-4-10(14)11(6)7/h5H,2-4H2,1H3. The fourth-order valence-corrected chi connectivity index (χ4v) is 2.13. The van der Waals surface area contributed by atoms with E-state index in [1.165, 1.54) is 6.07 Å². The second kappa shape index (κ2) is 3.35. The van der Waals surface area contributed by atoms with Crippen molar-refractivity contribution in [3.63, 3.8) is 0 Å². The average molecular weight is 213 g/mol. The lowest BCUT2D eigenvalue weighted by atomic mass is 9.87. The molecule has 0 saturated heterocycles. The summed E-state index contributed by atoms with van der Waals surface area (Å²) in [7, 11) is 0. The molecule has 2 rings (SSSR count). The molecule has 0 unspecified atom stereocenters. The van der Waals surface area contributed by atoms with Crippen molar-refractivity contribution in [1.29, 1.82) is 0 Å². The highest BCUT2D eigenvalue weighted by molar-refractivity contribution is 6.32. The summed E-state index contributed by atoms with van der Waals surface area (Å²) in [5, 5.41) is 0.344. The van der Waals surface area contributed by atoms with E-state index in [9.17, 15) is 9.18 Å². The van der Waals surface area contributed by atoms with Crippen LogP contribution in [-0.4, -0.2) is 5.78 Å². The number of carbonyl (C=O) groups is 1. The summed E-state index contributed by atoms with van der Waals surface area (Å²) < 4.78 is 13.4. The Balaban J connectivity index is 2.73. The van der Waals surface area contributed by atoms with Crippen molar-refractivity contribution in [1.82, 2.24) is 0 Å². The first-order valence-electron chi connectivity index (χ1n) is 4.62. The van der Waals surface area contributed by atoms with Gasteiger partial charge in [0.25, 0.3) is 0 Å². The fraction of sp³-hybridized carbons (Fsp3) is 0.364. The van der Waals surface area contributed by atoms with E-state index in [1.54, 1.807) is 6.92 Å². The van der Waals surface area contributed by atoms with Crippen LogP contribution in [0.3, 0.4) is 0 Å². The average Bonchev–Trinajstić information content (AvgIpc) is 2.14. The zero-order chi connectivity index (χ0) is 10.3. The molecule has 1 aromatic rings. The molecule has 0 spiro atoms. The van der Waals surface area contributed by atoms with Crippen LogP contribution in [0.25, 0.3) is 0 Å². The van der Waals surface area contributed by atoms with Crippen LogP contribution >= 0.6 is 11.6 Å². The molecule has 0 bridgehead atoms. The van der Waals surface area contributed by atoms with Gasteiger partial charge in [-0.1, -0.05) is 11.6 Å². The molecule has 0 radical (unpaired) electrons. The Morgan fingerprint density at radius 2 is 2.14 bits per heavy atom. The molecule has 0 fully saturated rings. The van der Waals surface area contributed by atoms with Gasteiger partial charge in [-0.25, -0.2) is 4.39 Å². The van der Waals surface area contributed by atoms with Crippen LogP contribution in [0.1, 0.15) is 34.3 Å². The zero-order valence-corrected chi connectivity index (χ0v) is 8.62. The van der Waals surface area contributed by atoms with Crippen LogP contribution < -0.4 is 0 Å². The van der Waals surface area contributed by atoms with Crippen LogP contribution in [0.4, 0.5) is 4.39 Å². The van der Waals surface area contributed by atoms with Gasteiger partial charge in [0, 0.05) is 17.0 Å². The maximum Gasteiger partial charge on any atom is 0.163 e. The Labute approximate surface area is 86.9 Å². The smallest absolute Gasteiger partial charge is 0.163 e. The Kier molecular flexibility index (Phi) is 2.31. The van der Waals surface area contributed by atoms with Crippen molar-refractivity contribution in [2.24, 2.45) is 0 Å². The maximum atomic E-state index is 13.4. The molecule has 14 heavy (non-hydrogen) atoms. The monoisotopic (exact) mass is 212 g/mol. The number of ketones is 1. The molecule has 0 N–H and O–H groups in total. The summed E-state index contributed by atoms with van der Waals surface area (Å²) >= 11 is 5.82. The van der Waals surface area contributed by atoms with E-state index in [1.807, 2.05) is 0 Å². The molecule has 1 aliphatic rings. The van der Waals surface area contributed by atoms with Gasteiger partial charge < -0.3 is 0 Å². The van der Waals surface area contributed by atoms with Crippen molar-refractivity contribution in [3.05, 3.63) is 33.6 Å². The third-order valence-corrected chi connectivity index (χ3v) is 3.08. The Hall–Kier alpha value is -0.890. The van der Waals surface area contributed by atoms with Crippen LogP contribution in [0.5, 0.6) is 0 Å². The molecule has 1 aliphatic carbocycles. The van der Waals surface area contributed by atoms with E-state index in [0.717, 1.165) is 6.42 Å². The first-order valence-corrected chi connectivity index (χ1v) is 4.99. The van der Waals surface area contributed by atoms with Gasteiger partial charge >= 0.3 is 0 Å². The number of hydrogen-bond donors (Lipinski definition) is 0. The highest BCUT2D eigenvalue weighted by Gasteiger charge is 2.23. The quantitative estimate of drug-likeness (QED) is 0.645. The molecule has 0 aromatic heterocycles. The number of benzene rings is 1. The van der Waals surface area contributed by atoms with Gasteiger partial charge in [-0.3, -0.25) is 4.79 Å². The van der Waals surface area contributed by atoms with E-state index in [0.29, 0.717) is 34.6 Å². The Morgan fingerprint density at radius 3 is 2.86 bits per heavy atom. The van der Waals surface area contributed by atoms with Gasteiger partial charge in [0.15, 0.2) is 5.78 Å². The fourth-order valence-electron chi connectivity index (χ4n) is 1.94. The molecule has 1 nitrogen and oxygen atoms in total. The van der Waals surface area contributed by atoms with Crippen LogP contribution in [0.15, 0.2) is 6.07 Å². The first kappa shape index (κ1) is 9.66. The lowest BCUT2D eigenvalue weighted by Crippen LogP contribution is -2.14. The predicted molar refractivity (Wildman–Crippen MR) is 53.4 cm³/mol. The SMILES string of the molecule is Cc1c(Cl)cc(F)c2c1C(=O)CCC2. The van der Waals surface area contributed by atoms with E-state index in [4.69, 9.17) is 11.6 Å². The van der Waals surface area contributed by atoms with Crippen molar-refractivity contribution in [2.75, 3.05) is 0 Å². The highest BCUT2D eigenvalue weighted by Crippen LogP contribution is 2.31. The Morgan fingerprint density at radius 1 is 1.43 bits per heavy atom. The number of fused-ring (bicyclic) bond motifs is 1. The number of hydrogen-bond acceptors (Lipinski definition) is 1. The number of halogens is 2. The van der Waals surface area contributed by atoms with Gasteiger partial charge in [-0.15, -0.1) is 0 Å². The minimum Gasteiger partial charge on any atom is -0.294 e. The summed E-state index contributed by atoms with van der Waals surface area (Å²) in [5.74, 6) is -0.325. The molecule has 3 heteroatoms. The van der Waals surface area contributed by atoms with Crippen LogP contribution in [0, 0.1) is 12.7 Å². The second-order valence-electron chi connectivity index (χ2n) is 3.60. The van der Waals surface area contributed by atoms with Gasteiger partial charge in [-0.05, 0) is 37.0 Å². The molecule has 74 valence electrons. The third kappa shape index (κ3) is 1.34. The van der Waals surface area contributed by atoms with Gasteiger partial charge in [0.1, 0.15) is 5.82 Å². The van der Waals surface area contributed by atoms with E-state index in [2.05, 4.69) is 0 Å². The van der Waals surface area contributed by atoms with Gasteiger partial charge in [0.2, 0.25) is 0 Å². The van der Waals surface area contributed by atoms with Crippen LogP contribution in [-0.2, 0) is 6.42 Å². The summed E-state index contributed by atoms with van der Waals surface area (Å²) in [5.41, 5.74) is 1.78. The van der Waals surface area contributed by atoms with Gasteiger partial charge in [0.05, 0.1) is 0 Å². The van der Waals surface area contributed by atoms with Crippen molar-refractivity contribution in [3.8, 4) is 0 Å². The number of Topliss-reactive ketones (excluding diaryl/α,β-unsaturated/α-hetero) is 1. The van der Waals surface area contributed by atoms with Gasteiger partial charge in [-0.2, -0.15) is 0 Å². The summed E-state index contributed by atoms with van der Waals surface area (Å²) in [6.45, 7) is 1.77. The minimum atomic E-state index is -0.344. The molecule has 0 saturated carbocycles. The largest absolute Gasteiger partial charge is 0.294 e. The molecule has 0 atom stereocenters. The molecule has 0 amide bonds. The van der Waals surface area contributed by atoms with Crippen molar-refractivity contribution in [2.45, 2.75) is 26.2 Å². The summed E-state index contributed by atoms with van der Waals surface area (Å²) in [4.78, 5) is 11.6.